The van der Waals surface area contributed by atoms with Gasteiger partial charge in [-0.2, -0.15) is 5.10 Å². The van der Waals surface area contributed by atoms with Crippen molar-refractivity contribution in [3.05, 3.63) is 59.8 Å². The third-order valence-electron chi connectivity index (χ3n) is 5.20. The predicted molar refractivity (Wildman–Crippen MR) is 104 cm³/mol. The minimum atomic E-state index is -1.03. The second-order valence-electron chi connectivity index (χ2n) is 7.34. The molecule has 3 aromatic rings. The lowest BCUT2D eigenvalue weighted by molar-refractivity contribution is 0.466. The van der Waals surface area contributed by atoms with Crippen LogP contribution in [0.1, 0.15) is 42.4 Å². The molecule has 144 valence electrons. The Balaban J connectivity index is 1.37. The Bertz CT molecular complexity index is 1080. The van der Waals surface area contributed by atoms with Crippen LogP contribution >= 0.6 is 0 Å². The summed E-state index contributed by atoms with van der Waals surface area (Å²) in [5.74, 6) is 0.422. The molecule has 5 rings (SSSR count). The van der Waals surface area contributed by atoms with Crippen LogP contribution in [0.3, 0.4) is 0 Å². The van der Waals surface area contributed by atoms with Gasteiger partial charge in [0, 0.05) is 24.0 Å². The van der Waals surface area contributed by atoms with Crippen molar-refractivity contribution in [2.45, 2.75) is 37.1 Å². The first kappa shape index (κ1) is 16.9. The van der Waals surface area contributed by atoms with Gasteiger partial charge in [0.2, 0.25) is 0 Å². The molecule has 9 heteroatoms. The molecule has 2 aliphatic rings. The number of nitrogens with zero attached hydrogens (tertiary/aromatic N) is 3. The van der Waals surface area contributed by atoms with Crippen LogP contribution < -0.4 is 16.4 Å². The molecule has 3 aromatic heterocycles. The van der Waals surface area contributed by atoms with Gasteiger partial charge in [-0.25, -0.2) is 14.4 Å². The maximum absolute atomic E-state index is 13.3. The number of halogens is 1. The zero-order valence-electron chi connectivity index (χ0n) is 15.3. The second kappa shape index (κ2) is 6.16. The molecule has 28 heavy (non-hydrogen) atoms. The Morgan fingerprint density at radius 2 is 2.21 bits per heavy atom. The molecule has 8 nitrogen and oxygen atoms in total. The molecule has 0 radical (unpaired) electrons. The van der Waals surface area contributed by atoms with Crippen LogP contribution in [0.15, 0.2) is 47.7 Å². The zero-order chi connectivity index (χ0) is 19.3. The van der Waals surface area contributed by atoms with Crippen molar-refractivity contribution in [1.29, 1.82) is 0 Å². The lowest BCUT2D eigenvalue weighted by Gasteiger charge is -2.31. The summed E-state index contributed by atoms with van der Waals surface area (Å²) < 4.78 is 13.3. The highest BCUT2D eigenvalue weighted by atomic mass is 19.1. The van der Waals surface area contributed by atoms with Crippen molar-refractivity contribution in [3.8, 4) is 0 Å². The highest BCUT2D eigenvalue weighted by Crippen LogP contribution is 2.43. The van der Waals surface area contributed by atoms with Crippen molar-refractivity contribution < 1.29 is 4.39 Å². The lowest BCUT2D eigenvalue weighted by atomic mass is 10.1. The molecule has 1 aliphatic heterocycles. The van der Waals surface area contributed by atoms with E-state index in [0.29, 0.717) is 18.1 Å². The largest absolute Gasteiger partial charge is 0.360 e. The van der Waals surface area contributed by atoms with E-state index in [1.807, 2.05) is 37.4 Å². The zero-order valence-corrected chi connectivity index (χ0v) is 15.3. The molecule has 6 N–H and O–H groups in total. The average Bonchev–Trinajstić information content (AvgIpc) is 3.10. The van der Waals surface area contributed by atoms with Crippen molar-refractivity contribution >= 4 is 17.0 Å². The Hall–Kier alpha value is -3.20. The van der Waals surface area contributed by atoms with Gasteiger partial charge in [-0.05, 0) is 43.7 Å². The SMILES string of the molecule is C[C@H](N=C1NC=CC(N)(c2cc([C@H]3C[C@H]3F)[nH]n2)N1)c1ccc2[nH]ccc2n1. The number of hydrogen-bond donors (Lipinski definition) is 5. The highest BCUT2D eigenvalue weighted by Gasteiger charge is 2.41. The lowest BCUT2D eigenvalue weighted by Crippen LogP contribution is -2.57. The van der Waals surface area contributed by atoms with Gasteiger partial charge < -0.3 is 21.4 Å². The van der Waals surface area contributed by atoms with Gasteiger partial charge in [-0.1, -0.05) is 0 Å². The van der Waals surface area contributed by atoms with Crippen molar-refractivity contribution in [2.75, 3.05) is 0 Å². The molecule has 0 spiro atoms. The van der Waals surface area contributed by atoms with Crippen LogP contribution in [-0.2, 0) is 5.66 Å². The summed E-state index contributed by atoms with van der Waals surface area (Å²) in [6.07, 6.45) is 5.10. The number of rotatable bonds is 4. The molecule has 4 atom stereocenters. The number of alkyl halides is 1. The maximum atomic E-state index is 13.3. The number of aromatic nitrogens is 4. The minimum Gasteiger partial charge on any atom is -0.360 e. The number of H-pyrrole nitrogens is 2. The minimum absolute atomic E-state index is 0.0990. The van der Waals surface area contributed by atoms with Crippen LogP contribution in [-0.4, -0.2) is 32.3 Å². The summed E-state index contributed by atoms with van der Waals surface area (Å²) in [6, 6.07) is 7.50. The van der Waals surface area contributed by atoms with Gasteiger partial charge in [-0.15, -0.1) is 0 Å². The van der Waals surface area contributed by atoms with Crippen LogP contribution in [0.4, 0.5) is 4.39 Å². The third kappa shape index (κ3) is 2.93. The number of aromatic amines is 2. The van der Waals surface area contributed by atoms with Crippen molar-refractivity contribution in [2.24, 2.45) is 10.7 Å². The van der Waals surface area contributed by atoms with E-state index in [2.05, 4.69) is 35.8 Å². The molecule has 0 bridgehead atoms. The number of nitrogens with two attached hydrogens (primary N) is 1. The fourth-order valence-corrected chi connectivity index (χ4v) is 3.41. The van der Waals surface area contributed by atoms with Gasteiger partial charge in [0.25, 0.3) is 0 Å². The molecular weight excluding hydrogens is 359 g/mol. The first-order chi connectivity index (χ1) is 13.5. The molecule has 1 saturated carbocycles. The summed E-state index contributed by atoms with van der Waals surface area (Å²) in [5, 5.41) is 13.4. The maximum Gasteiger partial charge on any atom is 0.197 e. The second-order valence-corrected chi connectivity index (χ2v) is 7.34. The molecule has 0 saturated heterocycles. The summed E-state index contributed by atoms with van der Waals surface area (Å²) in [4.78, 5) is 12.4. The summed E-state index contributed by atoms with van der Waals surface area (Å²) >= 11 is 0. The van der Waals surface area contributed by atoms with Gasteiger partial charge >= 0.3 is 0 Å². The predicted octanol–water partition coefficient (Wildman–Crippen LogP) is 2.05. The van der Waals surface area contributed by atoms with Gasteiger partial charge in [-0.3, -0.25) is 5.10 Å². The smallest absolute Gasteiger partial charge is 0.197 e. The molecule has 1 unspecified atom stereocenters. The quantitative estimate of drug-likeness (QED) is 0.474. The molecule has 1 fully saturated rings. The molecule has 4 heterocycles. The number of aliphatic imine (C=N–C) groups is 1. The van der Waals surface area contributed by atoms with Crippen LogP contribution in [0.5, 0.6) is 0 Å². The first-order valence-corrected chi connectivity index (χ1v) is 9.25. The van der Waals surface area contributed by atoms with Crippen molar-refractivity contribution in [1.82, 2.24) is 30.8 Å². The number of hydrogen-bond acceptors (Lipinski definition) is 4. The normalized spacial score (nSPS) is 28.9. The van der Waals surface area contributed by atoms with E-state index < -0.39 is 11.8 Å². The Morgan fingerprint density at radius 3 is 3.04 bits per heavy atom. The monoisotopic (exact) mass is 380 g/mol. The number of fused-ring (bicyclic) bond motifs is 1. The van der Waals surface area contributed by atoms with Crippen LogP contribution in [0.2, 0.25) is 0 Å². The van der Waals surface area contributed by atoms with E-state index in [-0.39, 0.29) is 12.0 Å². The Kier molecular flexibility index (Phi) is 3.73. The molecule has 0 aromatic carbocycles. The Morgan fingerprint density at radius 1 is 1.36 bits per heavy atom. The van der Waals surface area contributed by atoms with E-state index in [1.54, 1.807) is 12.3 Å². The highest BCUT2D eigenvalue weighted by molar-refractivity contribution is 5.83. The number of pyridine rings is 1. The van der Waals surface area contributed by atoms with Gasteiger partial charge in [0.15, 0.2) is 11.6 Å². The third-order valence-corrected chi connectivity index (χ3v) is 5.20. The van der Waals surface area contributed by atoms with E-state index in [1.165, 1.54) is 0 Å². The van der Waals surface area contributed by atoms with Crippen LogP contribution in [0.25, 0.3) is 11.0 Å². The van der Waals surface area contributed by atoms with E-state index in [9.17, 15) is 4.39 Å². The number of nitrogens with one attached hydrogen (secondary N) is 4. The van der Waals surface area contributed by atoms with Crippen molar-refractivity contribution in [3.63, 3.8) is 0 Å². The average molecular weight is 380 g/mol. The number of guanidine groups is 1. The fraction of sp³-hybridized carbons (Fsp3) is 0.316. The first-order valence-electron chi connectivity index (χ1n) is 9.25. The van der Waals surface area contributed by atoms with E-state index in [4.69, 9.17) is 5.73 Å². The Labute approximate surface area is 160 Å². The van der Waals surface area contributed by atoms with E-state index >= 15 is 0 Å². The van der Waals surface area contributed by atoms with Crippen LogP contribution in [0, 0.1) is 0 Å². The fourth-order valence-electron chi connectivity index (χ4n) is 3.41. The summed E-state index contributed by atoms with van der Waals surface area (Å²) in [6.45, 7) is 1.97. The topological polar surface area (TPSA) is 120 Å². The van der Waals surface area contributed by atoms with Gasteiger partial charge in [0.1, 0.15) is 11.9 Å². The molecular formula is C19H21FN8. The molecule has 1 aliphatic carbocycles. The molecule has 0 amide bonds. The van der Waals surface area contributed by atoms with Gasteiger partial charge in [0.05, 0.1) is 22.8 Å². The summed E-state index contributed by atoms with van der Waals surface area (Å²) in [5.41, 5.74) is 9.57. The van der Waals surface area contributed by atoms with E-state index in [0.717, 1.165) is 22.4 Å². The standard InChI is InChI=1S/C19H21FN8/c1-10(13-2-3-14-15(25-13)4-6-22-14)24-18-23-7-5-19(21,26-18)17-9-16(27-28-17)11-8-12(11)20/h2-7,9-12,22H,8,21H2,1H3,(H,27,28)(H2,23,24,26)/t10-,11-,12+,19?/m0/s1. The summed E-state index contributed by atoms with van der Waals surface area (Å²) in [7, 11) is 0.